The van der Waals surface area contributed by atoms with E-state index in [2.05, 4.69) is 43.0 Å². The van der Waals surface area contributed by atoms with Gasteiger partial charge in [-0.2, -0.15) is 5.10 Å². The second-order valence-corrected chi connectivity index (χ2v) is 7.35. The van der Waals surface area contributed by atoms with Crippen molar-refractivity contribution in [1.29, 1.82) is 0 Å². The van der Waals surface area contributed by atoms with Gasteiger partial charge in [-0.25, -0.2) is 0 Å². The number of methoxy groups -OCH3 is 1. The van der Waals surface area contributed by atoms with Crippen LogP contribution in [0.25, 0.3) is 0 Å². The molecule has 1 aliphatic carbocycles. The summed E-state index contributed by atoms with van der Waals surface area (Å²) in [6.07, 6.45) is 8.46. The van der Waals surface area contributed by atoms with Gasteiger partial charge in [0.1, 0.15) is 0 Å². The van der Waals surface area contributed by atoms with Crippen molar-refractivity contribution in [1.82, 2.24) is 15.1 Å². The maximum atomic E-state index is 5.75. The van der Waals surface area contributed by atoms with E-state index in [4.69, 9.17) is 9.84 Å². The Balaban J connectivity index is 2.04. The highest BCUT2D eigenvalue weighted by molar-refractivity contribution is 5.04. The van der Waals surface area contributed by atoms with E-state index < -0.39 is 0 Å². The van der Waals surface area contributed by atoms with E-state index in [1.54, 1.807) is 7.11 Å². The summed E-state index contributed by atoms with van der Waals surface area (Å²) in [6, 6.07) is 3.06. The quantitative estimate of drug-likeness (QED) is 0.875. The van der Waals surface area contributed by atoms with E-state index in [0.29, 0.717) is 6.04 Å². The molecule has 1 aliphatic rings. The van der Waals surface area contributed by atoms with Crippen molar-refractivity contribution in [2.75, 3.05) is 14.2 Å². The lowest BCUT2D eigenvalue weighted by molar-refractivity contribution is -0.00945. The summed E-state index contributed by atoms with van der Waals surface area (Å²) in [7, 11) is 3.81. The van der Waals surface area contributed by atoms with E-state index >= 15 is 0 Å². The lowest BCUT2D eigenvalue weighted by Gasteiger charge is -2.35. The molecule has 0 saturated heterocycles. The Morgan fingerprint density at radius 2 is 2.05 bits per heavy atom. The monoisotopic (exact) mass is 293 g/mol. The lowest BCUT2D eigenvalue weighted by Crippen LogP contribution is -2.47. The Bertz CT molecular complexity index is 429. The van der Waals surface area contributed by atoms with Crippen LogP contribution in [0.3, 0.4) is 0 Å². The maximum absolute atomic E-state index is 5.75. The predicted molar refractivity (Wildman–Crippen MR) is 86.5 cm³/mol. The first kappa shape index (κ1) is 16.5. The zero-order chi connectivity index (χ0) is 15.5. The summed E-state index contributed by atoms with van der Waals surface area (Å²) in [6.45, 7) is 6.67. The number of aromatic nitrogens is 2. The van der Waals surface area contributed by atoms with Crippen LogP contribution in [0.15, 0.2) is 12.3 Å². The summed E-state index contributed by atoms with van der Waals surface area (Å²) < 4.78 is 7.92. The van der Waals surface area contributed by atoms with Crippen LogP contribution in [0, 0.1) is 5.41 Å². The zero-order valence-electron chi connectivity index (χ0n) is 14.2. The molecule has 1 saturated carbocycles. The van der Waals surface area contributed by atoms with Gasteiger partial charge in [-0.3, -0.25) is 4.68 Å². The molecule has 2 rings (SSSR count). The molecule has 2 atom stereocenters. The minimum absolute atomic E-state index is 0.108. The second-order valence-electron chi connectivity index (χ2n) is 7.35. The molecule has 1 heterocycles. The number of nitrogens with zero attached hydrogens (tertiary/aromatic N) is 2. The van der Waals surface area contributed by atoms with Crippen LogP contribution < -0.4 is 5.32 Å². The summed E-state index contributed by atoms with van der Waals surface area (Å²) in [5.74, 6) is 0. The molecular formula is C17H31N3O. The Morgan fingerprint density at radius 1 is 1.38 bits per heavy atom. The van der Waals surface area contributed by atoms with Gasteiger partial charge in [0.05, 0.1) is 17.8 Å². The van der Waals surface area contributed by atoms with Gasteiger partial charge in [0, 0.05) is 25.8 Å². The number of hydrogen-bond acceptors (Lipinski definition) is 3. The molecule has 1 N–H and O–H groups in total. The van der Waals surface area contributed by atoms with Crippen molar-refractivity contribution in [3.8, 4) is 0 Å². The fourth-order valence-corrected chi connectivity index (χ4v) is 3.57. The number of likely N-dealkylation sites (N-methyl/N-ethyl adjacent to an activating group) is 1. The molecule has 21 heavy (non-hydrogen) atoms. The van der Waals surface area contributed by atoms with Crippen molar-refractivity contribution < 1.29 is 4.74 Å². The van der Waals surface area contributed by atoms with Crippen LogP contribution in [0.5, 0.6) is 0 Å². The van der Waals surface area contributed by atoms with Crippen molar-refractivity contribution in [3.05, 3.63) is 18.0 Å². The van der Waals surface area contributed by atoms with E-state index in [0.717, 1.165) is 12.1 Å². The van der Waals surface area contributed by atoms with E-state index in [1.165, 1.54) is 25.7 Å². The smallest absolute Gasteiger partial charge is 0.0776 e. The van der Waals surface area contributed by atoms with Crippen LogP contribution in [-0.2, 0) is 11.2 Å². The highest BCUT2D eigenvalue weighted by Gasteiger charge is 2.32. The number of ether oxygens (including phenoxy) is 1. The third kappa shape index (κ3) is 4.07. The summed E-state index contributed by atoms with van der Waals surface area (Å²) >= 11 is 0. The Hall–Kier alpha value is -0.870. The van der Waals surface area contributed by atoms with Crippen molar-refractivity contribution in [2.45, 2.75) is 71.1 Å². The summed E-state index contributed by atoms with van der Waals surface area (Å²) in [5.41, 5.74) is 1.27. The van der Waals surface area contributed by atoms with Crippen LogP contribution >= 0.6 is 0 Å². The maximum Gasteiger partial charge on any atom is 0.0776 e. The van der Waals surface area contributed by atoms with E-state index in [9.17, 15) is 0 Å². The second kappa shape index (κ2) is 6.93. The van der Waals surface area contributed by atoms with Gasteiger partial charge in [0.25, 0.3) is 0 Å². The van der Waals surface area contributed by atoms with Crippen LogP contribution in [0.4, 0.5) is 0 Å². The molecule has 0 radical (unpaired) electrons. The Kier molecular flexibility index (Phi) is 5.44. The van der Waals surface area contributed by atoms with Gasteiger partial charge in [-0.15, -0.1) is 0 Å². The number of rotatable bonds is 6. The topological polar surface area (TPSA) is 39.1 Å². The molecule has 4 nitrogen and oxygen atoms in total. The third-order valence-electron chi connectivity index (χ3n) is 4.64. The highest BCUT2D eigenvalue weighted by Crippen LogP contribution is 2.29. The SMILES string of the molecule is CNC(Cc1ccn(C2CCCC2)n1)C(OC)C(C)(C)C. The van der Waals surface area contributed by atoms with Gasteiger partial charge in [0.2, 0.25) is 0 Å². The molecule has 1 fully saturated rings. The van der Waals surface area contributed by atoms with Gasteiger partial charge >= 0.3 is 0 Å². The zero-order valence-corrected chi connectivity index (χ0v) is 14.2. The average Bonchev–Trinajstić information content (AvgIpc) is 3.07. The van der Waals surface area contributed by atoms with Crippen molar-refractivity contribution >= 4 is 0 Å². The predicted octanol–water partition coefficient (Wildman–Crippen LogP) is 3.19. The van der Waals surface area contributed by atoms with E-state index in [1.807, 2.05) is 7.05 Å². The fraction of sp³-hybridized carbons (Fsp3) is 0.824. The Labute approximate surface area is 129 Å². The molecule has 1 aromatic heterocycles. The fourth-order valence-electron chi connectivity index (χ4n) is 3.57. The number of nitrogens with one attached hydrogen (secondary N) is 1. The largest absolute Gasteiger partial charge is 0.379 e. The number of hydrogen-bond donors (Lipinski definition) is 1. The molecular weight excluding hydrogens is 262 g/mol. The first-order valence-corrected chi connectivity index (χ1v) is 8.19. The molecule has 0 spiro atoms. The molecule has 0 aromatic carbocycles. The standard InChI is InChI=1S/C17H31N3O/c1-17(2,3)16(21-5)15(18-4)12-13-10-11-20(19-13)14-8-6-7-9-14/h10-11,14-16,18H,6-9,12H2,1-5H3. The molecule has 0 aliphatic heterocycles. The van der Waals surface area contributed by atoms with E-state index in [-0.39, 0.29) is 17.6 Å². The van der Waals surface area contributed by atoms with Gasteiger partial charge in [0.15, 0.2) is 0 Å². The van der Waals surface area contributed by atoms with Crippen molar-refractivity contribution in [2.24, 2.45) is 5.41 Å². The Morgan fingerprint density at radius 3 is 2.57 bits per heavy atom. The van der Waals surface area contributed by atoms with Crippen LogP contribution in [-0.4, -0.2) is 36.1 Å². The van der Waals surface area contributed by atoms with Gasteiger partial charge < -0.3 is 10.1 Å². The molecule has 2 unspecified atom stereocenters. The molecule has 0 amide bonds. The minimum atomic E-state index is 0.108. The lowest BCUT2D eigenvalue weighted by atomic mass is 9.83. The van der Waals surface area contributed by atoms with Crippen LogP contribution in [0.1, 0.15) is 58.2 Å². The first-order chi connectivity index (χ1) is 9.95. The normalized spacial score (nSPS) is 19.9. The van der Waals surface area contributed by atoms with Gasteiger partial charge in [-0.05, 0) is 31.4 Å². The molecule has 0 bridgehead atoms. The van der Waals surface area contributed by atoms with Gasteiger partial charge in [-0.1, -0.05) is 33.6 Å². The first-order valence-electron chi connectivity index (χ1n) is 8.19. The summed E-state index contributed by atoms with van der Waals surface area (Å²) in [4.78, 5) is 0. The molecule has 120 valence electrons. The molecule has 4 heteroatoms. The third-order valence-corrected chi connectivity index (χ3v) is 4.64. The molecule has 1 aromatic rings. The van der Waals surface area contributed by atoms with Crippen LogP contribution in [0.2, 0.25) is 0 Å². The highest BCUT2D eigenvalue weighted by atomic mass is 16.5. The summed E-state index contributed by atoms with van der Waals surface area (Å²) in [5, 5.41) is 8.21. The van der Waals surface area contributed by atoms with Crippen molar-refractivity contribution in [3.63, 3.8) is 0 Å². The average molecular weight is 293 g/mol. The minimum Gasteiger partial charge on any atom is -0.379 e.